The highest BCUT2D eigenvalue weighted by Gasteiger charge is 2.14. The summed E-state index contributed by atoms with van der Waals surface area (Å²) >= 11 is 5.59. The Morgan fingerprint density at radius 2 is 2.20 bits per heavy atom. The van der Waals surface area contributed by atoms with E-state index in [2.05, 4.69) is 4.98 Å². The van der Waals surface area contributed by atoms with E-state index in [4.69, 9.17) is 17.3 Å². The zero-order valence-corrected chi connectivity index (χ0v) is 10.7. The Morgan fingerprint density at radius 3 is 2.80 bits per heavy atom. The average molecular weight is 299 g/mol. The lowest BCUT2D eigenvalue weighted by molar-refractivity contribution is -0.387. The summed E-state index contributed by atoms with van der Waals surface area (Å²) in [6, 6.07) is 3.36. The second-order valence-corrected chi connectivity index (χ2v) is 4.28. The van der Waals surface area contributed by atoms with Gasteiger partial charge < -0.3 is 5.73 Å². The van der Waals surface area contributed by atoms with Crippen LogP contribution in [0.15, 0.2) is 29.3 Å². The third kappa shape index (κ3) is 2.59. The molecule has 0 saturated carbocycles. The van der Waals surface area contributed by atoms with E-state index in [9.17, 15) is 19.3 Å². The minimum absolute atomic E-state index is 0.0257. The van der Waals surface area contributed by atoms with Crippen molar-refractivity contribution in [3.05, 3.63) is 61.5 Å². The molecule has 0 unspecified atom stereocenters. The van der Waals surface area contributed by atoms with Crippen LogP contribution in [0.5, 0.6) is 0 Å². The molecule has 0 bridgehead atoms. The second-order valence-electron chi connectivity index (χ2n) is 3.92. The van der Waals surface area contributed by atoms with Crippen molar-refractivity contribution in [2.24, 2.45) is 0 Å². The predicted octanol–water partition coefficient (Wildman–Crippen LogP) is 1.57. The molecule has 1 aromatic carbocycles. The molecule has 20 heavy (non-hydrogen) atoms. The first kappa shape index (κ1) is 13.9. The van der Waals surface area contributed by atoms with Crippen LogP contribution in [0.3, 0.4) is 0 Å². The van der Waals surface area contributed by atoms with E-state index < -0.39 is 22.0 Å². The van der Waals surface area contributed by atoms with Gasteiger partial charge in [-0.1, -0.05) is 17.7 Å². The molecule has 0 saturated heterocycles. The number of hydrogen-bond donors (Lipinski definition) is 1. The molecule has 2 rings (SSSR count). The summed E-state index contributed by atoms with van der Waals surface area (Å²) in [5, 5.41) is 10.4. The zero-order chi connectivity index (χ0) is 14.9. The Kier molecular flexibility index (Phi) is 3.66. The van der Waals surface area contributed by atoms with Gasteiger partial charge >= 0.3 is 5.69 Å². The van der Waals surface area contributed by atoms with Crippen molar-refractivity contribution in [1.82, 2.24) is 9.55 Å². The number of nitro groups is 1. The first-order valence-electron chi connectivity index (χ1n) is 5.33. The van der Waals surface area contributed by atoms with Gasteiger partial charge in [0.15, 0.2) is 5.15 Å². The van der Waals surface area contributed by atoms with Crippen LogP contribution in [0.25, 0.3) is 0 Å². The second kappa shape index (κ2) is 5.25. The minimum Gasteiger partial charge on any atom is -0.392 e. The van der Waals surface area contributed by atoms with Crippen molar-refractivity contribution >= 4 is 23.0 Å². The largest absolute Gasteiger partial charge is 0.392 e. The van der Waals surface area contributed by atoms with E-state index >= 15 is 0 Å². The van der Waals surface area contributed by atoms with Crippen LogP contribution in [0.2, 0.25) is 5.15 Å². The molecular formula is C11H8ClFN4O3. The summed E-state index contributed by atoms with van der Waals surface area (Å²) in [7, 11) is 0. The van der Waals surface area contributed by atoms with Gasteiger partial charge in [0.25, 0.3) is 5.56 Å². The summed E-state index contributed by atoms with van der Waals surface area (Å²) in [6.07, 6.45) is 1.17. The Labute approximate surface area is 116 Å². The van der Waals surface area contributed by atoms with Gasteiger partial charge in [-0.25, -0.2) is 4.98 Å². The number of aromatic nitrogens is 2. The van der Waals surface area contributed by atoms with Gasteiger partial charge in [-0.15, -0.1) is 0 Å². The maximum Gasteiger partial charge on any atom is 0.304 e. The molecule has 104 valence electrons. The molecular weight excluding hydrogens is 291 g/mol. The summed E-state index contributed by atoms with van der Waals surface area (Å²) in [5.41, 5.74) is 4.39. The Balaban J connectivity index is 2.36. The molecule has 2 N–H and O–H groups in total. The molecule has 0 aliphatic carbocycles. The van der Waals surface area contributed by atoms with E-state index in [0.29, 0.717) is 5.56 Å². The highest BCUT2D eigenvalue weighted by Crippen LogP contribution is 2.18. The smallest absolute Gasteiger partial charge is 0.304 e. The highest BCUT2D eigenvalue weighted by atomic mass is 35.5. The van der Waals surface area contributed by atoms with Gasteiger partial charge in [0.1, 0.15) is 5.69 Å². The lowest BCUT2D eigenvalue weighted by atomic mass is 10.2. The van der Waals surface area contributed by atoms with E-state index in [0.717, 1.165) is 16.7 Å². The molecule has 9 heteroatoms. The monoisotopic (exact) mass is 298 g/mol. The van der Waals surface area contributed by atoms with Crippen molar-refractivity contribution in [2.45, 2.75) is 6.54 Å². The van der Waals surface area contributed by atoms with Gasteiger partial charge in [0, 0.05) is 6.07 Å². The Hall–Kier alpha value is -2.48. The molecule has 0 aliphatic rings. The number of benzene rings is 1. The van der Waals surface area contributed by atoms with E-state index in [1.807, 2.05) is 0 Å². The predicted molar refractivity (Wildman–Crippen MR) is 70.1 cm³/mol. The fraction of sp³-hybridized carbons (Fsp3) is 0.0909. The Morgan fingerprint density at radius 1 is 1.50 bits per heavy atom. The van der Waals surface area contributed by atoms with Crippen molar-refractivity contribution < 1.29 is 9.31 Å². The molecule has 7 nitrogen and oxygen atoms in total. The lowest BCUT2D eigenvalue weighted by Gasteiger charge is -2.07. The summed E-state index contributed by atoms with van der Waals surface area (Å²) in [5.74, 6) is -0.976. The maximum absolute atomic E-state index is 13.5. The van der Waals surface area contributed by atoms with Crippen LogP contribution in [-0.2, 0) is 6.54 Å². The van der Waals surface area contributed by atoms with Gasteiger partial charge in [-0.3, -0.25) is 19.5 Å². The van der Waals surface area contributed by atoms with Gasteiger partial charge in [0.05, 0.1) is 17.8 Å². The molecule has 0 amide bonds. The minimum atomic E-state index is -0.976. The first-order chi connectivity index (χ1) is 9.40. The van der Waals surface area contributed by atoms with Crippen LogP contribution in [0.1, 0.15) is 5.56 Å². The number of nitro benzene ring substituents is 1. The number of nitrogens with two attached hydrogens (primary N) is 1. The molecule has 0 fully saturated rings. The van der Waals surface area contributed by atoms with E-state index in [-0.39, 0.29) is 17.4 Å². The van der Waals surface area contributed by atoms with Crippen LogP contribution in [0.4, 0.5) is 15.8 Å². The number of halogens is 2. The van der Waals surface area contributed by atoms with Gasteiger partial charge in [0.2, 0.25) is 5.82 Å². The summed E-state index contributed by atoms with van der Waals surface area (Å²) < 4.78 is 14.6. The molecule has 2 aromatic rings. The van der Waals surface area contributed by atoms with Crippen molar-refractivity contribution in [2.75, 3.05) is 5.73 Å². The molecule has 0 radical (unpaired) electrons. The normalized spacial score (nSPS) is 10.5. The molecule has 0 atom stereocenters. The fourth-order valence-corrected chi connectivity index (χ4v) is 1.72. The molecule has 0 spiro atoms. The van der Waals surface area contributed by atoms with Crippen LogP contribution >= 0.6 is 11.6 Å². The van der Waals surface area contributed by atoms with Gasteiger partial charge in [-0.05, 0) is 11.6 Å². The first-order valence-corrected chi connectivity index (χ1v) is 5.71. The lowest BCUT2D eigenvalue weighted by Crippen LogP contribution is -2.24. The third-order valence-electron chi connectivity index (χ3n) is 2.59. The highest BCUT2D eigenvalue weighted by molar-refractivity contribution is 6.31. The molecule has 1 heterocycles. The SMILES string of the molecule is Nc1c(Cl)ncn(Cc2ccc([N+](=O)[O-])c(F)c2)c1=O. The number of anilines is 1. The van der Waals surface area contributed by atoms with Crippen molar-refractivity contribution in [3.8, 4) is 0 Å². The maximum atomic E-state index is 13.5. The summed E-state index contributed by atoms with van der Waals surface area (Å²) in [4.78, 5) is 25.1. The van der Waals surface area contributed by atoms with Crippen LogP contribution < -0.4 is 11.3 Å². The topological polar surface area (TPSA) is 104 Å². The molecule has 0 aliphatic heterocycles. The van der Waals surface area contributed by atoms with Gasteiger partial charge in [-0.2, -0.15) is 4.39 Å². The average Bonchev–Trinajstić information content (AvgIpc) is 2.39. The number of hydrogen-bond acceptors (Lipinski definition) is 5. The standard InChI is InChI=1S/C11H8ClFN4O3/c12-10-9(14)11(18)16(5-15-10)4-6-1-2-8(17(19)20)7(13)3-6/h1-3,5H,4,14H2. The van der Waals surface area contributed by atoms with E-state index in [1.54, 1.807) is 0 Å². The zero-order valence-electron chi connectivity index (χ0n) is 9.92. The Bertz CT molecular complexity index is 747. The van der Waals surface area contributed by atoms with Crippen molar-refractivity contribution in [3.63, 3.8) is 0 Å². The third-order valence-corrected chi connectivity index (χ3v) is 2.89. The number of nitrogens with zero attached hydrogens (tertiary/aromatic N) is 3. The van der Waals surface area contributed by atoms with Crippen LogP contribution in [-0.4, -0.2) is 14.5 Å². The quantitative estimate of drug-likeness (QED) is 0.526. The van der Waals surface area contributed by atoms with Crippen LogP contribution in [0, 0.1) is 15.9 Å². The summed E-state index contributed by atoms with van der Waals surface area (Å²) in [6.45, 7) is -0.0257. The van der Waals surface area contributed by atoms with Crippen molar-refractivity contribution in [1.29, 1.82) is 0 Å². The molecule has 1 aromatic heterocycles. The number of nitrogen functional groups attached to an aromatic ring is 1. The van der Waals surface area contributed by atoms with E-state index in [1.165, 1.54) is 12.4 Å². The number of rotatable bonds is 3. The fourth-order valence-electron chi connectivity index (χ4n) is 1.59.